The molecule has 0 aliphatic heterocycles. The number of hydrogen-bond donors (Lipinski definition) is 11. The molecule has 8 amide bonds. The fraction of sp³-hybridized carbons (Fsp3) is 0.407. The van der Waals surface area contributed by atoms with E-state index >= 15 is 0 Å². The van der Waals surface area contributed by atoms with E-state index in [1.807, 2.05) is 0 Å². The molecule has 0 heterocycles. The highest BCUT2D eigenvalue weighted by Gasteiger charge is 2.28. The van der Waals surface area contributed by atoms with Gasteiger partial charge in [-0.15, -0.1) is 0 Å². The molecule has 0 saturated heterocycles. The molecular formula is C54H73N11O12. The number of carbonyl (C=O) groups excluding carboxylic acids is 8. The van der Waals surface area contributed by atoms with Gasteiger partial charge in [-0.2, -0.15) is 0 Å². The van der Waals surface area contributed by atoms with Crippen LogP contribution in [0, 0.1) is 0 Å². The maximum atomic E-state index is 14.2. The first kappa shape index (κ1) is 61.3. The monoisotopic (exact) mass is 1070 g/mol. The number of nitrogens with one attached hydrogen (secondary N) is 7. The lowest BCUT2D eigenvalue weighted by Crippen LogP contribution is -2.44. The van der Waals surface area contributed by atoms with E-state index in [1.54, 1.807) is 6.07 Å². The highest BCUT2D eigenvalue weighted by Crippen LogP contribution is 2.28. The van der Waals surface area contributed by atoms with Gasteiger partial charge in [0.1, 0.15) is 41.1 Å². The minimum atomic E-state index is -1.15. The number of rotatable bonds is 32. The first-order valence-electron chi connectivity index (χ1n) is 25.3. The quantitative estimate of drug-likeness (QED) is 0.0306. The molecule has 77 heavy (non-hydrogen) atoms. The summed E-state index contributed by atoms with van der Waals surface area (Å²) in [6.07, 6.45) is 5.41. The summed E-state index contributed by atoms with van der Waals surface area (Å²) in [5.41, 5.74) is 23.7. The number of benzene rings is 4. The second kappa shape index (κ2) is 31.6. The Hall–Kier alpha value is -8.28. The Bertz CT molecular complexity index is 2700. The summed E-state index contributed by atoms with van der Waals surface area (Å²) in [5.74, 6) is -4.32. The Balaban J connectivity index is 1.57. The van der Waals surface area contributed by atoms with Crippen LogP contribution in [0.4, 0.5) is 22.7 Å². The third-order valence-electron chi connectivity index (χ3n) is 12.1. The predicted octanol–water partition coefficient (Wildman–Crippen LogP) is 4.16. The largest absolute Gasteiger partial charge is 0.496 e. The van der Waals surface area contributed by atoms with Crippen LogP contribution in [-0.2, 0) is 19.2 Å². The van der Waals surface area contributed by atoms with Gasteiger partial charge in [0.25, 0.3) is 23.6 Å². The Morgan fingerprint density at radius 3 is 0.961 bits per heavy atom. The van der Waals surface area contributed by atoms with E-state index in [1.165, 1.54) is 102 Å². The fourth-order valence-corrected chi connectivity index (χ4v) is 8.11. The highest BCUT2D eigenvalue weighted by atomic mass is 16.5. The molecule has 0 spiro atoms. The van der Waals surface area contributed by atoms with Crippen molar-refractivity contribution in [1.82, 2.24) is 16.0 Å². The number of ether oxygens (including phenoxy) is 4. The normalized spacial score (nSPS) is 11.9. The zero-order valence-corrected chi connectivity index (χ0v) is 44.3. The SMILES string of the molecule is COc1ccc(NC(=O)[C@H](CCCCCN)NC(=O)c2cc(NC(=O)[C@H](CCCCN)NC(=O)c3cc(NC(=O)[C@H](CCCCCN)NC(=O)c4cc(NC(C)=O)ccc4OC)ccc3OC)ccc2OC)cc1C(N)=O. The summed E-state index contributed by atoms with van der Waals surface area (Å²) in [7, 11) is 5.48. The van der Waals surface area contributed by atoms with Gasteiger partial charge < -0.3 is 79.1 Å². The topological polar surface area (TPSA) is 362 Å². The molecule has 416 valence electrons. The number of anilines is 4. The second-order valence-electron chi connectivity index (χ2n) is 17.8. The molecule has 0 radical (unpaired) electrons. The molecule has 23 nitrogen and oxygen atoms in total. The van der Waals surface area contributed by atoms with Gasteiger partial charge in [-0.05, 0) is 137 Å². The molecule has 4 aromatic carbocycles. The van der Waals surface area contributed by atoms with E-state index in [2.05, 4.69) is 37.2 Å². The van der Waals surface area contributed by atoms with Gasteiger partial charge in [0.05, 0.1) is 50.7 Å². The van der Waals surface area contributed by atoms with Crippen molar-refractivity contribution < 1.29 is 57.3 Å². The summed E-state index contributed by atoms with van der Waals surface area (Å²) < 4.78 is 21.7. The smallest absolute Gasteiger partial charge is 0.255 e. The van der Waals surface area contributed by atoms with Gasteiger partial charge >= 0.3 is 0 Å². The zero-order chi connectivity index (χ0) is 56.4. The maximum absolute atomic E-state index is 14.2. The summed E-state index contributed by atoms with van der Waals surface area (Å²) in [4.78, 5) is 108. The Kier molecular flexibility index (Phi) is 25.1. The summed E-state index contributed by atoms with van der Waals surface area (Å²) >= 11 is 0. The van der Waals surface area contributed by atoms with E-state index in [-0.39, 0.29) is 87.5 Å². The average molecular weight is 1070 g/mol. The Labute approximate surface area is 448 Å². The molecular weight excluding hydrogens is 995 g/mol. The highest BCUT2D eigenvalue weighted by molar-refractivity contribution is 6.07. The molecule has 0 aromatic heterocycles. The standard InChI is InChI=1S/C54H73N11O12/c1-32(66)59-33-17-22-45(75-3)38(29-33)49(68)63-42(15-9-7-12-26-56)53(72)61-35-19-23-47(77-5)40(30-35)51(70)65-43(16-10-13-27-57)54(73)62-36-20-24-46(76-4)39(31-36)50(69)64-41(14-8-6-11-25-55)52(71)60-34-18-21-44(74-2)37(28-34)48(58)67/h17-24,28-31,41-43H,6-16,25-27,55-57H2,1-5H3,(H2,58,67)(H,59,66)(H,60,71)(H,61,72)(H,62,73)(H,63,68)(H,64,69)(H,65,70)/t41-,42-,43-/m0/s1. The van der Waals surface area contributed by atoms with E-state index in [0.717, 1.165) is 0 Å². The van der Waals surface area contributed by atoms with Crippen LogP contribution in [0.15, 0.2) is 72.8 Å². The van der Waals surface area contributed by atoms with Crippen molar-refractivity contribution in [3.05, 3.63) is 95.1 Å². The third kappa shape index (κ3) is 18.8. The van der Waals surface area contributed by atoms with Crippen molar-refractivity contribution in [2.75, 3.05) is 69.3 Å². The van der Waals surface area contributed by atoms with Gasteiger partial charge in [0, 0.05) is 29.7 Å². The number of nitrogens with two attached hydrogens (primary N) is 4. The lowest BCUT2D eigenvalue weighted by Gasteiger charge is -2.22. The maximum Gasteiger partial charge on any atom is 0.255 e. The first-order chi connectivity index (χ1) is 37.0. The number of hydrogen-bond acceptors (Lipinski definition) is 15. The number of primary amides is 1. The minimum absolute atomic E-state index is 0.0221. The van der Waals surface area contributed by atoms with Gasteiger partial charge in [-0.1, -0.05) is 25.7 Å². The summed E-state index contributed by atoms with van der Waals surface area (Å²) in [6, 6.07) is 14.3. The molecule has 4 rings (SSSR count). The molecule has 0 bridgehead atoms. The van der Waals surface area contributed by atoms with Crippen molar-refractivity contribution >= 4 is 70.0 Å². The summed E-state index contributed by atoms with van der Waals surface area (Å²) in [6.45, 7) is 2.54. The molecule has 3 atom stereocenters. The van der Waals surface area contributed by atoms with E-state index in [4.69, 9.17) is 41.9 Å². The molecule has 0 aliphatic rings. The van der Waals surface area contributed by atoms with Crippen LogP contribution < -0.4 is 79.1 Å². The average Bonchev–Trinajstić information content (AvgIpc) is 3.41. The van der Waals surface area contributed by atoms with Crippen LogP contribution in [0.1, 0.15) is 119 Å². The van der Waals surface area contributed by atoms with Gasteiger partial charge in [-0.25, -0.2) is 0 Å². The number of methoxy groups -OCH3 is 4. The third-order valence-corrected chi connectivity index (χ3v) is 12.1. The van der Waals surface area contributed by atoms with Crippen LogP contribution >= 0.6 is 0 Å². The second-order valence-corrected chi connectivity index (χ2v) is 17.8. The van der Waals surface area contributed by atoms with Crippen molar-refractivity contribution in [1.29, 1.82) is 0 Å². The lowest BCUT2D eigenvalue weighted by atomic mass is 10.0. The van der Waals surface area contributed by atoms with Crippen LogP contribution in [0.25, 0.3) is 0 Å². The number of carbonyl (C=O) groups is 8. The first-order valence-corrected chi connectivity index (χ1v) is 25.3. The van der Waals surface area contributed by atoms with Gasteiger partial charge in [0.2, 0.25) is 23.6 Å². The molecule has 0 fully saturated rings. The molecule has 15 N–H and O–H groups in total. The van der Waals surface area contributed by atoms with E-state index in [0.29, 0.717) is 76.7 Å². The van der Waals surface area contributed by atoms with Crippen LogP contribution in [0.2, 0.25) is 0 Å². The van der Waals surface area contributed by atoms with Crippen molar-refractivity contribution in [2.24, 2.45) is 22.9 Å². The van der Waals surface area contributed by atoms with Gasteiger partial charge in [-0.3, -0.25) is 38.4 Å². The van der Waals surface area contributed by atoms with Crippen molar-refractivity contribution in [2.45, 2.75) is 95.7 Å². The van der Waals surface area contributed by atoms with Crippen molar-refractivity contribution in [3.63, 3.8) is 0 Å². The van der Waals surface area contributed by atoms with E-state index < -0.39 is 59.5 Å². The number of unbranched alkanes of at least 4 members (excludes halogenated alkanes) is 5. The molecule has 0 saturated carbocycles. The number of amides is 8. The Morgan fingerprint density at radius 2 is 0.675 bits per heavy atom. The zero-order valence-electron chi connectivity index (χ0n) is 44.3. The lowest BCUT2D eigenvalue weighted by molar-refractivity contribution is -0.118. The van der Waals surface area contributed by atoms with E-state index in [9.17, 15) is 38.4 Å². The Morgan fingerprint density at radius 1 is 0.403 bits per heavy atom. The fourth-order valence-electron chi connectivity index (χ4n) is 8.11. The minimum Gasteiger partial charge on any atom is -0.496 e. The van der Waals surface area contributed by atoms with Crippen molar-refractivity contribution in [3.8, 4) is 23.0 Å². The van der Waals surface area contributed by atoms with Crippen LogP contribution in [0.3, 0.4) is 0 Å². The molecule has 0 aliphatic carbocycles. The summed E-state index contributed by atoms with van der Waals surface area (Å²) in [5, 5.41) is 19.3. The van der Waals surface area contributed by atoms with Crippen LogP contribution in [0.5, 0.6) is 23.0 Å². The van der Waals surface area contributed by atoms with Crippen LogP contribution in [-0.4, -0.2) is 113 Å². The van der Waals surface area contributed by atoms with Gasteiger partial charge in [0.15, 0.2) is 0 Å². The molecule has 0 unspecified atom stereocenters. The molecule has 4 aromatic rings. The molecule has 23 heteroatoms. The predicted molar refractivity (Wildman–Crippen MR) is 292 cm³/mol.